The fourth-order valence-corrected chi connectivity index (χ4v) is 3.79. The molecule has 1 aromatic rings. The average Bonchev–Trinajstić information content (AvgIpc) is 2.86. The van der Waals surface area contributed by atoms with Gasteiger partial charge in [-0.2, -0.15) is 0 Å². The summed E-state index contributed by atoms with van der Waals surface area (Å²) in [6, 6.07) is 5.46. The van der Waals surface area contributed by atoms with Crippen molar-refractivity contribution in [3.8, 4) is 0 Å². The molecule has 1 aliphatic carbocycles. The van der Waals surface area contributed by atoms with Crippen LogP contribution >= 0.6 is 11.8 Å². The highest BCUT2D eigenvalue weighted by molar-refractivity contribution is 8.00. The molecule has 0 bridgehead atoms. The molecule has 0 radical (unpaired) electrons. The first-order valence-corrected chi connectivity index (χ1v) is 7.84. The minimum Gasteiger partial charge on any atom is -0.313 e. The van der Waals surface area contributed by atoms with Crippen LogP contribution in [0.5, 0.6) is 0 Å². The molecule has 2 rings (SSSR count). The Balaban J connectivity index is 2.04. The molecule has 0 heterocycles. The third kappa shape index (κ3) is 3.72. The molecule has 1 nitrogen and oxygen atoms in total. The summed E-state index contributed by atoms with van der Waals surface area (Å²) in [5.74, 6) is -0.0680. The van der Waals surface area contributed by atoms with Gasteiger partial charge in [-0.25, -0.2) is 4.39 Å². The van der Waals surface area contributed by atoms with Crippen molar-refractivity contribution in [2.45, 2.75) is 55.7 Å². The van der Waals surface area contributed by atoms with Gasteiger partial charge in [0.2, 0.25) is 0 Å². The SMILES string of the molecule is CCCNCc1c(F)cccc1SC1CCCC1. The fourth-order valence-electron chi connectivity index (χ4n) is 2.40. The van der Waals surface area contributed by atoms with E-state index in [4.69, 9.17) is 0 Å². The molecule has 0 amide bonds. The van der Waals surface area contributed by atoms with Crippen LogP contribution < -0.4 is 5.32 Å². The molecule has 0 saturated heterocycles. The first-order valence-electron chi connectivity index (χ1n) is 6.96. The van der Waals surface area contributed by atoms with Crippen LogP contribution in [-0.4, -0.2) is 11.8 Å². The Labute approximate surface area is 114 Å². The second kappa shape index (κ2) is 7.15. The van der Waals surface area contributed by atoms with Gasteiger partial charge in [-0.15, -0.1) is 11.8 Å². The van der Waals surface area contributed by atoms with E-state index in [0.717, 1.165) is 23.4 Å². The Kier molecular flexibility index (Phi) is 5.51. The van der Waals surface area contributed by atoms with Crippen molar-refractivity contribution in [2.75, 3.05) is 6.54 Å². The zero-order valence-corrected chi connectivity index (χ0v) is 11.9. The van der Waals surface area contributed by atoms with Crippen molar-refractivity contribution < 1.29 is 4.39 Å². The Hall–Kier alpha value is -0.540. The lowest BCUT2D eigenvalue weighted by Crippen LogP contribution is -2.15. The van der Waals surface area contributed by atoms with Crippen molar-refractivity contribution >= 4 is 11.8 Å². The van der Waals surface area contributed by atoms with Crippen LogP contribution in [0.15, 0.2) is 23.1 Å². The van der Waals surface area contributed by atoms with E-state index in [2.05, 4.69) is 18.3 Å². The van der Waals surface area contributed by atoms with Gasteiger partial charge in [-0.05, 0) is 37.9 Å². The first-order chi connectivity index (χ1) is 8.81. The highest BCUT2D eigenvalue weighted by Crippen LogP contribution is 2.36. The summed E-state index contributed by atoms with van der Waals surface area (Å²) in [7, 11) is 0. The third-order valence-corrected chi connectivity index (χ3v) is 4.84. The molecule has 0 spiro atoms. The molecule has 0 aromatic heterocycles. The maximum Gasteiger partial charge on any atom is 0.128 e. The summed E-state index contributed by atoms with van der Waals surface area (Å²) in [4.78, 5) is 1.13. The van der Waals surface area contributed by atoms with Gasteiger partial charge in [-0.3, -0.25) is 0 Å². The van der Waals surface area contributed by atoms with Gasteiger partial charge in [0.15, 0.2) is 0 Å². The predicted octanol–water partition coefficient (Wildman–Crippen LogP) is 4.36. The topological polar surface area (TPSA) is 12.0 Å². The van der Waals surface area contributed by atoms with Crippen molar-refractivity contribution in [1.82, 2.24) is 5.32 Å². The minimum atomic E-state index is -0.0680. The molecule has 1 aromatic carbocycles. The normalized spacial score (nSPS) is 16.3. The van der Waals surface area contributed by atoms with Gasteiger partial charge in [0.25, 0.3) is 0 Å². The van der Waals surface area contributed by atoms with Crippen molar-refractivity contribution in [3.63, 3.8) is 0 Å². The van der Waals surface area contributed by atoms with Crippen LogP contribution in [0.25, 0.3) is 0 Å². The lowest BCUT2D eigenvalue weighted by atomic mass is 10.2. The van der Waals surface area contributed by atoms with E-state index in [0.29, 0.717) is 11.8 Å². The van der Waals surface area contributed by atoms with E-state index in [9.17, 15) is 4.39 Å². The number of halogens is 1. The van der Waals surface area contributed by atoms with Crippen LogP contribution in [0, 0.1) is 5.82 Å². The molecule has 1 saturated carbocycles. The second-order valence-corrected chi connectivity index (χ2v) is 6.26. The van der Waals surface area contributed by atoms with E-state index < -0.39 is 0 Å². The smallest absolute Gasteiger partial charge is 0.128 e. The number of rotatable bonds is 6. The molecule has 3 heteroatoms. The van der Waals surface area contributed by atoms with Crippen LogP contribution in [0.1, 0.15) is 44.6 Å². The number of hydrogen-bond donors (Lipinski definition) is 1. The fraction of sp³-hybridized carbons (Fsp3) is 0.600. The van der Waals surface area contributed by atoms with E-state index in [-0.39, 0.29) is 5.82 Å². The second-order valence-electron chi connectivity index (χ2n) is 4.92. The minimum absolute atomic E-state index is 0.0680. The molecule has 100 valence electrons. The van der Waals surface area contributed by atoms with Gasteiger partial charge >= 0.3 is 0 Å². The summed E-state index contributed by atoms with van der Waals surface area (Å²) < 4.78 is 13.9. The summed E-state index contributed by atoms with van der Waals surface area (Å²) in [5, 5.41) is 4.00. The third-order valence-electron chi connectivity index (χ3n) is 3.40. The van der Waals surface area contributed by atoms with E-state index in [1.54, 1.807) is 6.07 Å². The highest BCUT2D eigenvalue weighted by atomic mass is 32.2. The summed E-state index contributed by atoms with van der Waals surface area (Å²) in [5.41, 5.74) is 0.850. The molecule has 0 atom stereocenters. The molecule has 0 unspecified atom stereocenters. The first kappa shape index (κ1) is 13.9. The average molecular weight is 267 g/mol. The predicted molar refractivity (Wildman–Crippen MR) is 76.5 cm³/mol. The summed E-state index contributed by atoms with van der Waals surface area (Å²) in [6.45, 7) is 3.72. The number of benzene rings is 1. The summed E-state index contributed by atoms with van der Waals surface area (Å²) >= 11 is 1.87. The van der Waals surface area contributed by atoms with Gasteiger partial charge in [-0.1, -0.05) is 25.8 Å². The quantitative estimate of drug-likeness (QED) is 0.769. The monoisotopic (exact) mass is 267 g/mol. The van der Waals surface area contributed by atoms with E-state index >= 15 is 0 Å². The van der Waals surface area contributed by atoms with Gasteiger partial charge in [0.1, 0.15) is 5.82 Å². The van der Waals surface area contributed by atoms with Crippen molar-refractivity contribution in [2.24, 2.45) is 0 Å². The summed E-state index contributed by atoms with van der Waals surface area (Å²) in [6.07, 6.45) is 6.30. The van der Waals surface area contributed by atoms with Crippen LogP contribution in [-0.2, 0) is 6.54 Å². The van der Waals surface area contributed by atoms with Crippen molar-refractivity contribution in [1.29, 1.82) is 0 Å². The highest BCUT2D eigenvalue weighted by Gasteiger charge is 2.18. The van der Waals surface area contributed by atoms with Gasteiger partial charge in [0.05, 0.1) is 0 Å². The van der Waals surface area contributed by atoms with Crippen molar-refractivity contribution in [3.05, 3.63) is 29.6 Å². The van der Waals surface area contributed by atoms with E-state index in [1.807, 2.05) is 17.8 Å². The molecular weight excluding hydrogens is 245 g/mol. The number of thioether (sulfide) groups is 1. The Morgan fingerprint density at radius 3 is 2.83 bits per heavy atom. The van der Waals surface area contributed by atoms with Gasteiger partial charge in [0, 0.05) is 22.3 Å². The van der Waals surface area contributed by atoms with E-state index in [1.165, 1.54) is 25.7 Å². The zero-order chi connectivity index (χ0) is 12.8. The largest absolute Gasteiger partial charge is 0.313 e. The Morgan fingerprint density at radius 2 is 2.11 bits per heavy atom. The molecule has 1 N–H and O–H groups in total. The van der Waals surface area contributed by atoms with Crippen LogP contribution in [0.2, 0.25) is 0 Å². The lowest BCUT2D eigenvalue weighted by molar-refractivity contribution is 0.578. The molecule has 18 heavy (non-hydrogen) atoms. The number of hydrogen-bond acceptors (Lipinski definition) is 2. The zero-order valence-electron chi connectivity index (χ0n) is 11.0. The van der Waals surface area contributed by atoms with Gasteiger partial charge < -0.3 is 5.32 Å². The standard InChI is InChI=1S/C15H22FNS/c1-2-10-17-11-13-14(16)8-5-9-15(13)18-12-6-3-4-7-12/h5,8-9,12,17H,2-4,6-7,10-11H2,1H3. The molecule has 1 fully saturated rings. The maximum atomic E-state index is 13.9. The van der Waals surface area contributed by atoms with Crippen LogP contribution in [0.3, 0.4) is 0 Å². The maximum absolute atomic E-state index is 13.9. The molecular formula is C15H22FNS. The molecule has 1 aliphatic rings. The Bertz CT molecular complexity index is 375. The lowest BCUT2D eigenvalue weighted by Gasteiger charge is -2.14. The van der Waals surface area contributed by atoms with Crippen LogP contribution in [0.4, 0.5) is 4.39 Å². The Morgan fingerprint density at radius 1 is 1.33 bits per heavy atom. The molecule has 0 aliphatic heterocycles. The number of nitrogens with one attached hydrogen (secondary N) is 1.